The molecule has 4 heteroatoms. The summed E-state index contributed by atoms with van der Waals surface area (Å²) in [5, 5.41) is 19.9. The second-order valence-corrected chi connectivity index (χ2v) is 5.43. The lowest BCUT2D eigenvalue weighted by Crippen LogP contribution is -2.39. The lowest BCUT2D eigenvalue weighted by molar-refractivity contribution is -0.177. The summed E-state index contributed by atoms with van der Waals surface area (Å²) in [6.45, 7) is 3.32. The van der Waals surface area contributed by atoms with Crippen molar-refractivity contribution < 1.29 is 19.7 Å². The second kappa shape index (κ2) is 4.34. The SMILES string of the molecule is CC(O)[C@@H]1C=Cc2cccc3c2C(CC(C)(O)O3)O1. The first-order valence-corrected chi connectivity index (χ1v) is 6.52. The van der Waals surface area contributed by atoms with Crippen LogP contribution in [0.1, 0.15) is 37.5 Å². The minimum absolute atomic E-state index is 0.274. The molecule has 0 spiro atoms. The zero-order chi connectivity index (χ0) is 13.6. The summed E-state index contributed by atoms with van der Waals surface area (Å²) in [5.74, 6) is -0.598. The molecular formula is C15H18O4. The Morgan fingerprint density at radius 3 is 2.95 bits per heavy atom. The van der Waals surface area contributed by atoms with Crippen LogP contribution >= 0.6 is 0 Å². The van der Waals surface area contributed by atoms with Crippen LogP contribution in [0.3, 0.4) is 0 Å². The third-order valence-corrected chi connectivity index (χ3v) is 3.58. The van der Waals surface area contributed by atoms with Gasteiger partial charge in [-0.15, -0.1) is 0 Å². The molecule has 2 heterocycles. The zero-order valence-electron chi connectivity index (χ0n) is 11.0. The molecule has 0 radical (unpaired) electrons. The fraction of sp³-hybridized carbons (Fsp3) is 0.467. The summed E-state index contributed by atoms with van der Waals surface area (Å²) in [6, 6.07) is 5.71. The van der Waals surface area contributed by atoms with Crippen LogP contribution < -0.4 is 4.74 Å². The van der Waals surface area contributed by atoms with Crippen molar-refractivity contribution in [1.82, 2.24) is 0 Å². The smallest absolute Gasteiger partial charge is 0.208 e. The maximum Gasteiger partial charge on any atom is 0.208 e. The van der Waals surface area contributed by atoms with Gasteiger partial charge in [-0.3, -0.25) is 0 Å². The maximum atomic E-state index is 10.2. The Balaban J connectivity index is 2.07. The van der Waals surface area contributed by atoms with Gasteiger partial charge in [0.2, 0.25) is 5.79 Å². The van der Waals surface area contributed by atoms with Crippen LogP contribution in [0.15, 0.2) is 24.3 Å². The highest BCUT2D eigenvalue weighted by atomic mass is 16.6. The van der Waals surface area contributed by atoms with Crippen LogP contribution in [0.25, 0.3) is 6.08 Å². The van der Waals surface area contributed by atoms with E-state index in [1.165, 1.54) is 0 Å². The number of aliphatic hydroxyl groups is 2. The molecule has 2 aliphatic rings. The monoisotopic (exact) mass is 262 g/mol. The Labute approximate surface area is 112 Å². The molecule has 2 aliphatic heterocycles. The standard InChI is InChI=1S/C15H18O4/c1-9(16)11-7-6-10-4-3-5-12-14(10)13(18-11)8-15(2,17)19-12/h3-7,9,11,13,16-17H,8H2,1-2H3/t9?,11-,13?,15?/m0/s1. The fourth-order valence-electron chi connectivity index (χ4n) is 2.69. The minimum Gasteiger partial charge on any atom is -0.462 e. The Hall–Kier alpha value is -1.36. The number of rotatable bonds is 1. The molecule has 1 aromatic rings. The predicted octanol–water partition coefficient (Wildman–Crippen LogP) is 2.01. The van der Waals surface area contributed by atoms with Crippen molar-refractivity contribution in [3.63, 3.8) is 0 Å². The fourth-order valence-corrected chi connectivity index (χ4v) is 2.69. The molecule has 102 valence electrons. The van der Waals surface area contributed by atoms with Gasteiger partial charge in [0.25, 0.3) is 0 Å². The van der Waals surface area contributed by atoms with Gasteiger partial charge in [-0.2, -0.15) is 0 Å². The molecule has 4 nitrogen and oxygen atoms in total. The lowest BCUT2D eigenvalue weighted by Gasteiger charge is -2.37. The van der Waals surface area contributed by atoms with Crippen LogP contribution in [-0.2, 0) is 4.74 Å². The van der Waals surface area contributed by atoms with Gasteiger partial charge in [0.05, 0.1) is 12.2 Å². The normalized spacial score (nSPS) is 34.1. The molecule has 0 saturated carbocycles. The molecule has 0 aromatic heterocycles. The molecule has 3 unspecified atom stereocenters. The van der Waals surface area contributed by atoms with Gasteiger partial charge in [-0.1, -0.05) is 24.3 Å². The topological polar surface area (TPSA) is 58.9 Å². The Morgan fingerprint density at radius 2 is 2.21 bits per heavy atom. The molecule has 4 atom stereocenters. The van der Waals surface area contributed by atoms with Crippen molar-refractivity contribution in [3.8, 4) is 5.75 Å². The van der Waals surface area contributed by atoms with E-state index in [1.807, 2.05) is 30.4 Å². The van der Waals surface area contributed by atoms with Crippen LogP contribution in [0.4, 0.5) is 0 Å². The Bertz CT molecular complexity index is 519. The first-order chi connectivity index (χ1) is 8.96. The predicted molar refractivity (Wildman–Crippen MR) is 70.6 cm³/mol. The largest absolute Gasteiger partial charge is 0.462 e. The van der Waals surface area contributed by atoms with Crippen LogP contribution in [0.5, 0.6) is 5.75 Å². The molecule has 0 aliphatic carbocycles. The van der Waals surface area contributed by atoms with Gasteiger partial charge in [-0.25, -0.2) is 0 Å². The molecule has 0 saturated heterocycles. The summed E-state index contributed by atoms with van der Waals surface area (Å²) < 4.78 is 11.5. The zero-order valence-corrected chi connectivity index (χ0v) is 11.0. The van der Waals surface area contributed by atoms with Gasteiger partial charge in [0.1, 0.15) is 11.9 Å². The molecule has 3 rings (SSSR count). The minimum atomic E-state index is -1.25. The van der Waals surface area contributed by atoms with Crippen molar-refractivity contribution in [3.05, 3.63) is 35.4 Å². The first kappa shape index (κ1) is 12.7. The van der Waals surface area contributed by atoms with Gasteiger partial charge < -0.3 is 19.7 Å². The highest BCUT2D eigenvalue weighted by Gasteiger charge is 2.39. The maximum absolute atomic E-state index is 10.2. The van der Waals surface area contributed by atoms with E-state index in [-0.39, 0.29) is 12.2 Å². The number of ether oxygens (including phenoxy) is 2. The van der Waals surface area contributed by atoms with E-state index >= 15 is 0 Å². The summed E-state index contributed by atoms with van der Waals surface area (Å²) in [6.07, 6.45) is 2.90. The molecule has 0 amide bonds. The second-order valence-electron chi connectivity index (χ2n) is 5.43. The Morgan fingerprint density at radius 1 is 1.42 bits per heavy atom. The molecule has 0 bridgehead atoms. The van der Waals surface area contributed by atoms with E-state index in [4.69, 9.17) is 9.47 Å². The third kappa shape index (κ3) is 2.27. The van der Waals surface area contributed by atoms with E-state index in [2.05, 4.69) is 0 Å². The van der Waals surface area contributed by atoms with Gasteiger partial charge in [0.15, 0.2) is 0 Å². The van der Waals surface area contributed by atoms with E-state index in [0.29, 0.717) is 12.2 Å². The summed E-state index contributed by atoms with van der Waals surface area (Å²) in [7, 11) is 0. The van der Waals surface area contributed by atoms with Gasteiger partial charge in [0, 0.05) is 18.9 Å². The van der Waals surface area contributed by atoms with Crippen LogP contribution in [0.2, 0.25) is 0 Å². The van der Waals surface area contributed by atoms with Gasteiger partial charge in [-0.05, 0) is 18.6 Å². The summed E-state index contributed by atoms with van der Waals surface area (Å²) in [4.78, 5) is 0. The molecule has 2 N–H and O–H groups in total. The quantitative estimate of drug-likeness (QED) is 0.813. The number of hydrogen-bond acceptors (Lipinski definition) is 4. The first-order valence-electron chi connectivity index (χ1n) is 6.52. The number of benzene rings is 1. The lowest BCUT2D eigenvalue weighted by atomic mass is 9.93. The highest BCUT2D eigenvalue weighted by Crippen LogP contribution is 2.44. The van der Waals surface area contributed by atoms with Crippen molar-refractivity contribution in [1.29, 1.82) is 0 Å². The number of aliphatic hydroxyl groups excluding tert-OH is 1. The molecular weight excluding hydrogens is 244 g/mol. The van der Waals surface area contributed by atoms with Crippen molar-refractivity contribution in [2.45, 2.75) is 44.4 Å². The average Bonchev–Trinajstić information content (AvgIpc) is 2.49. The summed E-state index contributed by atoms with van der Waals surface area (Å²) in [5.41, 5.74) is 1.97. The number of hydrogen-bond donors (Lipinski definition) is 2. The van der Waals surface area contributed by atoms with Crippen molar-refractivity contribution in [2.75, 3.05) is 0 Å². The van der Waals surface area contributed by atoms with E-state index in [1.54, 1.807) is 13.8 Å². The van der Waals surface area contributed by atoms with Crippen molar-refractivity contribution >= 4 is 6.08 Å². The van der Waals surface area contributed by atoms with Crippen molar-refractivity contribution in [2.24, 2.45) is 0 Å². The van der Waals surface area contributed by atoms with Gasteiger partial charge >= 0.3 is 0 Å². The average molecular weight is 262 g/mol. The van der Waals surface area contributed by atoms with E-state index < -0.39 is 11.9 Å². The van der Waals surface area contributed by atoms with E-state index in [0.717, 1.165) is 11.1 Å². The summed E-state index contributed by atoms with van der Waals surface area (Å²) >= 11 is 0. The Kier molecular flexibility index (Phi) is 2.89. The highest BCUT2D eigenvalue weighted by molar-refractivity contribution is 5.61. The van der Waals surface area contributed by atoms with Crippen LogP contribution in [-0.4, -0.2) is 28.2 Å². The van der Waals surface area contributed by atoms with Crippen LogP contribution in [0, 0.1) is 0 Å². The molecule has 0 fully saturated rings. The van der Waals surface area contributed by atoms with E-state index in [9.17, 15) is 10.2 Å². The molecule has 1 aromatic carbocycles. The molecule has 19 heavy (non-hydrogen) atoms. The third-order valence-electron chi connectivity index (χ3n) is 3.58.